The summed E-state index contributed by atoms with van der Waals surface area (Å²) in [4.78, 5) is 0. The van der Waals surface area contributed by atoms with Crippen molar-refractivity contribution in [3.05, 3.63) is 13.8 Å². The lowest BCUT2D eigenvalue weighted by Gasteiger charge is -2.08. The van der Waals surface area contributed by atoms with Crippen LogP contribution in [0.1, 0.15) is 19.8 Å². The van der Waals surface area contributed by atoms with Gasteiger partial charge in [-0.25, -0.2) is 0 Å². The van der Waals surface area contributed by atoms with Crippen LogP contribution < -0.4 is 0 Å². The normalized spacial score (nSPS) is 14.6. The Kier molecular flexibility index (Phi) is 3.88. The van der Waals surface area contributed by atoms with Crippen molar-refractivity contribution < 1.29 is 5.11 Å². The molecule has 0 heterocycles. The van der Waals surface area contributed by atoms with Crippen molar-refractivity contribution in [2.75, 3.05) is 0 Å². The Morgan fingerprint density at radius 1 is 1.50 bits per heavy atom. The molecule has 0 bridgehead atoms. The summed E-state index contributed by atoms with van der Waals surface area (Å²) in [5.41, 5.74) is 0. The van der Waals surface area contributed by atoms with Crippen LogP contribution in [0.2, 0.25) is 0 Å². The Bertz CT molecular complexity index is 50.3. The molecule has 0 amide bonds. The molecule has 0 spiro atoms. The quantitative estimate of drug-likeness (QED) is 0.588. The summed E-state index contributed by atoms with van der Waals surface area (Å²) in [6.07, 6.45) is 1.33. The van der Waals surface area contributed by atoms with Crippen LogP contribution in [0.4, 0.5) is 0 Å². The van der Waals surface area contributed by atoms with Crippen molar-refractivity contribution in [2.24, 2.45) is 5.92 Å². The van der Waals surface area contributed by atoms with E-state index in [2.05, 4.69) is 13.8 Å². The second kappa shape index (κ2) is 3.90. The van der Waals surface area contributed by atoms with Crippen LogP contribution in [-0.2, 0) is 0 Å². The van der Waals surface area contributed by atoms with E-state index in [9.17, 15) is 0 Å². The van der Waals surface area contributed by atoms with E-state index in [1.54, 1.807) is 0 Å². The molecule has 1 atom stereocenters. The summed E-state index contributed by atoms with van der Waals surface area (Å²) in [6, 6.07) is 0. The van der Waals surface area contributed by atoms with E-state index in [0.717, 1.165) is 12.8 Å². The van der Waals surface area contributed by atoms with Gasteiger partial charge in [0.2, 0.25) is 0 Å². The van der Waals surface area contributed by atoms with Gasteiger partial charge in [-0.05, 0) is 18.8 Å². The first-order chi connectivity index (χ1) is 3.66. The predicted molar refractivity (Wildman–Crippen MR) is 35.1 cm³/mol. The molecule has 0 aromatic carbocycles. The Labute approximate surface area is 51.7 Å². The summed E-state index contributed by atoms with van der Waals surface area (Å²) in [7, 11) is 0. The van der Waals surface area contributed by atoms with Crippen molar-refractivity contribution in [1.29, 1.82) is 0 Å². The van der Waals surface area contributed by atoms with Gasteiger partial charge in [0.25, 0.3) is 0 Å². The summed E-state index contributed by atoms with van der Waals surface area (Å²) in [6.45, 7) is 9.26. The molecule has 2 radical (unpaired) electrons. The first-order valence-electron chi connectivity index (χ1n) is 3.01. The lowest BCUT2D eigenvalue weighted by molar-refractivity contribution is 0.152. The smallest absolute Gasteiger partial charge is 0.0540 e. The molecule has 0 aliphatic rings. The van der Waals surface area contributed by atoms with Crippen molar-refractivity contribution in [1.82, 2.24) is 0 Å². The lowest BCUT2D eigenvalue weighted by Crippen LogP contribution is -2.07. The topological polar surface area (TPSA) is 20.2 Å². The Hall–Kier alpha value is -0.0400. The van der Waals surface area contributed by atoms with E-state index >= 15 is 0 Å². The van der Waals surface area contributed by atoms with Crippen LogP contribution in [0.25, 0.3) is 0 Å². The molecule has 1 unspecified atom stereocenters. The molecule has 0 aromatic rings. The first kappa shape index (κ1) is 7.96. The second-order valence-electron chi connectivity index (χ2n) is 2.16. The monoisotopic (exact) mass is 114 g/mol. The highest BCUT2D eigenvalue weighted by molar-refractivity contribution is 4.66. The Morgan fingerprint density at radius 2 is 2.00 bits per heavy atom. The maximum atomic E-state index is 8.95. The molecule has 8 heavy (non-hydrogen) atoms. The van der Waals surface area contributed by atoms with E-state index in [-0.39, 0.29) is 12.0 Å². The highest BCUT2D eigenvalue weighted by Gasteiger charge is 2.02. The molecule has 0 saturated heterocycles. The number of aliphatic hydroxyl groups is 1. The molecule has 0 aliphatic heterocycles. The average Bonchev–Trinajstić information content (AvgIpc) is 1.65. The zero-order chi connectivity index (χ0) is 6.57. The minimum absolute atomic E-state index is 0.130. The van der Waals surface area contributed by atoms with E-state index < -0.39 is 0 Å². The van der Waals surface area contributed by atoms with Crippen molar-refractivity contribution in [2.45, 2.75) is 25.9 Å². The van der Waals surface area contributed by atoms with Crippen LogP contribution >= 0.6 is 0 Å². The van der Waals surface area contributed by atoms with Crippen molar-refractivity contribution in [3.63, 3.8) is 0 Å². The van der Waals surface area contributed by atoms with Gasteiger partial charge < -0.3 is 5.11 Å². The van der Waals surface area contributed by atoms with E-state index in [0.29, 0.717) is 0 Å². The lowest BCUT2D eigenvalue weighted by atomic mass is 10.0. The van der Waals surface area contributed by atoms with Gasteiger partial charge in [0.1, 0.15) is 0 Å². The maximum absolute atomic E-state index is 8.95. The number of hydrogen-bond acceptors (Lipinski definition) is 1. The van der Waals surface area contributed by atoms with Gasteiger partial charge in [-0.2, -0.15) is 0 Å². The highest BCUT2D eigenvalue weighted by atomic mass is 16.3. The summed E-state index contributed by atoms with van der Waals surface area (Å²) in [5.74, 6) is 0.130. The zero-order valence-electron chi connectivity index (χ0n) is 5.43. The van der Waals surface area contributed by atoms with Crippen LogP contribution in [0.15, 0.2) is 0 Å². The third kappa shape index (κ3) is 4.13. The van der Waals surface area contributed by atoms with Gasteiger partial charge in [-0.3, -0.25) is 0 Å². The van der Waals surface area contributed by atoms with E-state index in [1.165, 1.54) is 0 Å². The molecule has 0 saturated carbocycles. The summed E-state index contributed by atoms with van der Waals surface area (Å²) < 4.78 is 0. The fourth-order valence-corrected chi connectivity index (χ4v) is 0.551. The Morgan fingerprint density at radius 3 is 2.12 bits per heavy atom. The molecule has 0 rings (SSSR count). The van der Waals surface area contributed by atoms with E-state index in [1.807, 2.05) is 6.92 Å². The molecular weight excluding hydrogens is 100 g/mol. The molecule has 1 heteroatoms. The average molecular weight is 114 g/mol. The molecule has 48 valence electrons. The summed E-state index contributed by atoms with van der Waals surface area (Å²) in [5, 5.41) is 8.95. The fraction of sp³-hybridized carbons (Fsp3) is 0.714. The molecular formula is C7H14O. The van der Waals surface area contributed by atoms with Crippen molar-refractivity contribution >= 4 is 0 Å². The third-order valence-corrected chi connectivity index (χ3v) is 1.08. The number of rotatable bonds is 3. The molecule has 1 N–H and O–H groups in total. The van der Waals surface area contributed by atoms with Crippen LogP contribution in [0.3, 0.4) is 0 Å². The molecule has 0 aliphatic carbocycles. The van der Waals surface area contributed by atoms with Crippen LogP contribution in [0, 0.1) is 19.8 Å². The predicted octanol–water partition coefficient (Wildman–Crippen LogP) is 1.43. The second-order valence-corrected chi connectivity index (χ2v) is 2.16. The van der Waals surface area contributed by atoms with Gasteiger partial charge in [0.15, 0.2) is 0 Å². The van der Waals surface area contributed by atoms with Gasteiger partial charge in [-0.15, -0.1) is 0 Å². The van der Waals surface area contributed by atoms with Crippen molar-refractivity contribution in [3.8, 4) is 0 Å². The number of hydrogen-bond donors (Lipinski definition) is 1. The summed E-state index contributed by atoms with van der Waals surface area (Å²) >= 11 is 0. The van der Waals surface area contributed by atoms with Gasteiger partial charge in [0.05, 0.1) is 6.10 Å². The van der Waals surface area contributed by atoms with Crippen LogP contribution in [0.5, 0.6) is 0 Å². The van der Waals surface area contributed by atoms with Gasteiger partial charge in [-0.1, -0.05) is 20.8 Å². The van der Waals surface area contributed by atoms with E-state index in [4.69, 9.17) is 5.11 Å². The highest BCUT2D eigenvalue weighted by Crippen LogP contribution is 2.05. The largest absolute Gasteiger partial charge is 0.393 e. The Balaban J connectivity index is 3.10. The minimum atomic E-state index is -0.199. The standard InChI is InChI=1S/C7H14O/c1-4-7(8)5-6(2)3/h6-8H,2-5H2,1H3. The molecule has 0 fully saturated rings. The fourth-order valence-electron chi connectivity index (χ4n) is 0.551. The SMILES string of the molecule is [CH2]C([CH2])CC(O)CC. The number of aliphatic hydroxyl groups excluding tert-OH is 1. The van der Waals surface area contributed by atoms with Gasteiger partial charge >= 0.3 is 0 Å². The zero-order valence-corrected chi connectivity index (χ0v) is 5.43. The van der Waals surface area contributed by atoms with Gasteiger partial charge in [0, 0.05) is 0 Å². The first-order valence-corrected chi connectivity index (χ1v) is 3.01. The molecule has 1 nitrogen and oxygen atoms in total. The minimum Gasteiger partial charge on any atom is -0.393 e. The third-order valence-electron chi connectivity index (χ3n) is 1.08. The maximum Gasteiger partial charge on any atom is 0.0540 e. The molecule has 0 aromatic heterocycles. The van der Waals surface area contributed by atoms with Crippen LogP contribution in [-0.4, -0.2) is 11.2 Å².